The van der Waals surface area contributed by atoms with Crippen molar-refractivity contribution in [3.63, 3.8) is 0 Å². The minimum atomic E-state index is -3.67. The van der Waals surface area contributed by atoms with Gasteiger partial charge in [0.15, 0.2) is 5.82 Å². The molecule has 0 bridgehead atoms. The van der Waals surface area contributed by atoms with Gasteiger partial charge in [0.2, 0.25) is 5.91 Å². The van der Waals surface area contributed by atoms with E-state index in [1.165, 1.54) is 0 Å². The van der Waals surface area contributed by atoms with E-state index in [4.69, 9.17) is 26.4 Å². The number of amides is 1. The number of carbonyl (C=O) groups is 1. The first-order valence-corrected chi connectivity index (χ1v) is 11.6. The molecule has 0 aliphatic heterocycles. The molecule has 32 heavy (non-hydrogen) atoms. The fourth-order valence-electron chi connectivity index (χ4n) is 2.48. The first-order chi connectivity index (χ1) is 14.7. The molecular formula is C21H25ClN4O5S. The summed E-state index contributed by atoms with van der Waals surface area (Å²) < 4.78 is 31.1. The first-order valence-electron chi connectivity index (χ1n) is 9.42. The summed E-state index contributed by atoms with van der Waals surface area (Å²) in [5.41, 5.74) is 8.16. The number of nitrogens with one attached hydrogen (secondary N) is 1. The molecule has 1 aromatic carbocycles. The number of carbonyl (C=O) groups excluding carboxylic acids is 1. The fourth-order valence-corrected chi connectivity index (χ4v) is 2.65. The van der Waals surface area contributed by atoms with E-state index >= 15 is 0 Å². The van der Waals surface area contributed by atoms with Gasteiger partial charge >= 0.3 is 0 Å². The summed E-state index contributed by atoms with van der Waals surface area (Å²) in [7, 11) is -3.67. The maximum atomic E-state index is 12.2. The SMILES string of the molecule is CC(C)(C)c1cc(NC(=O)Cc2ccc(-c3cnc(N)c(Cl)c3)cc2)no1.CS(=O)(=O)O. The van der Waals surface area contributed by atoms with Crippen molar-refractivity contribution in [2.75, 3.05) is 17.3 Å². The number of rotatable bonds is 4. The van der Waals surface area contributed by atoms with Crippen LogP contribution in [0.4, 0.5) is 11.6 Å². The normalized spacial score (nSPS) is 11.4. The quantitative estimate of drug-likeness (QED) is 0.475. The second-order valence-corrected chi connectivity index (χ2v) is 9.95. The zero-order valence-corrected chi connectivity index (χ0v) is 19.7. The molecule has 0 spiro atoms. The van der Waals surface area contributed by atoms with Crippen LogP contribution in [0.1, 0.15) is 32.1 Å². The molecular weight excluding hydrogens is 456 g/mol. The highest BCUT2D eigenvalue weighted by Gasteiger charge is 2.20. The molecule has 0 saturated carbocycles. The van der Waals surface area contributed by atoms with Crippen molar-refractivity contribution in [3.05, 3.63) is 58.9 Å². The number of nitrogens with two attached hydrogens (primary N) is 1. The van der Waals surface area contributed by atoms with Crippen LogP contribution < -0.4 is 11.1 Å². The van der Waals surface area contributed by atoms with Crippen LogP contribution in [0.15, 0.2) is 47.1 Å². The van der Waals surface area contributed by atoms with E-state index in [0.29, 0.717) is 22.9 Å². The van der Waals surface area contributed by atoms with Crippen LogP contribution in [0.2, 0.25) is 5.02 Å². The van der Waals surface area contributed by atoms with E-state index in [2.05, 4.69) is 15.5 Å². The number of anilines is 2. The minimum Gasteiger partial charge on any atom is -0.382 e. The lowest BCUT2D eigenvalue weighted by molar-refractivity contribution is -0.115. The van der Waals surface area contributed by atoms with E-state index in [9.17, 15) is 13.2 Å². The Labute approximate surface area is 191 Å². The van der Waals surface area contributed by atoms with Crippen LogP contribution in [0.3, 0.4) is 0 Å². The molecule has 0 radical (unpaired) electrons. The molecule has 0 fully saturated rings. The molecule has 9 nitrogen and oxygen atoms in total. The third-order valence-electron chi connectivity index (χ3n) is 4.04. The molecule has 2 heterocycles. The van der Waals surface area contributed by atoms with Gasteiger partial charge in [-0.3, -0.25) is 9.35 Å². The van der Waals surface area contributed by atoms with Crippen LogP contribution in [-0.4, -0.2) is 35.3 Å². The first kappa shape index (κ1) is 25.3. The Morgan fingerprint density at radius 2 is 1.78 bits per heavy atom. The molecule has 2 aromatic heterocycles. The molecule has 0 saturated heterocycles. The smallest absolute Gasteiger partial charge is 0.261 e. The lowest BCUT2D eigenvalue weighted by atomic mass is 9.93. The van der Waals surface area contributed by atoms with Crippen molar-refractivity contribution in [2.45, 2.75) is 32.6 Å². The summed E-state index contributed by atoms with van der Waals surface area (Å²) in [5, 5.41) is 7.07. The number of nitrogen functional groups attached to an aromatic ring is 1. The second-order valence-electron chi connectivity index (χ2n) is 8.07. The Morgan fingerprint density at radius 1 is 1.19 bits per heavy atom. The summed E-state index contributed by atoms with van der Waals surface area (Å²) in [6.07, 6.45) is 2.62. The Balaban J connectivity index is 0.000000654. The predicted octanol–water partition coefficient (Wildman–Crippen LogP) is 3.95. The van der Waals surface area contributed by atoms with Crippen molar-refractivity contribution in [1.82, 2.24) is 10.1 Å². The van der Waals surface area contributed by atoms with Gasteiger partial charge in [0, 0.05) is 23.2 Å². The van der Waals surface area contributed by atoms with Gasteiger partial charge in [-0.05, 0) is 17.2 Å². The van der Waals surface area contributed by atoms with Gasteiger partial charge in [-0.1, -0.05) is 61.8 Å². The molecule has 3 aromatic rings. The number of aromatic nitrogens is 2. The molecule has 0 aliphatic carbocycles. The molecule has 4 N–H and O–H groups in total. The number of benzene rings is 1. The summed E-state index contributed by atoms with van der Waals surface area (Å²) in [4.78, 5) is 16.3. The maximum absolute atomic E-state index is 12.2. The molecule has 0 aliphatic rings. The Hall–Kier alpha value is -2.95. The van der Waals surface area contributed by atoms with Crippen LogP contribution in [0.5, 0.6) is 0 Å². The van der Waals surface area contributed by atoms with Crippen LogP contribution in [0.25, 0.3) is 11.1 Å². The van der Waals surface area contributed by atoms with Gasteiger partial charge in [-0.2, -0.15) is 8.42 Å². The number of halogens is 1. The molecule has 0 unspecified atom stereocenters. The van der Waals surface area contributed by atoms with Gasteiger partial charge in [0.1, 0.15) is 11.6 Å². The lowest BCUT2D eigenvalue weighted by Crippen LogP contribution is -2.14. The molecule has 172 valence electrons. The van der Waals surface area contributed by atoms with E-state index in [1.54, 1.807) is 18.3 Å². The topological polar surface area (TPSA) is 148 Å². The summed E-state index contributed by atoms with van der Waals surface area (Å²) >= 11 is 6.02. The van der Waals surface area contributed by atoms with Gasteiger partial charge in [-0.15, -0.1) is 0 Å². The van der Waals surface area contributed by atoms with Gasteiger partial charge in [-0.25, -0.2) is 4.98 Å². The monoisotopic (exact) mass is 480 g/mol. The van der Waals surface area contributed by atoms with Gasteiger partial charge in [0.25, 0.3) is 10.1 Å². The number of hydrogen-bond acceptors (Lipinski definition) is 7. The van der Waals surface area contributed by atoms with Crippen molar-refractivity contribution in [3.8, 4) is 11.1 Å². The molecule has 11 heteroatoms. The number of pyridine rings is 1. The van der Waals surface area contributed by atoms with Crippen molar-refractivity contribution in [1.29, 1.82) is 0 Å². The van der Waals surface area contributed by atoms with Crippen LogP contribution in [-0.2, 0) is 26.7 Å². The van der Waals surface area contributed by atoms with E-state index in [1.807, 2.05) is 45.0 Å². The largest absolute Gasteiger partial charge is 0.382 e. The van der Waals surface area contributed by atoms with E-state index < -0.39 is 10.1 Å². The van der Waals surface area contributed by atoms with Gasteiger partial charge < -0.3 is 15.6 Å². The van der Waals surface area contributed by atoms with Crippen LogP contribution in [0, 0.1) is 0 Å². The summed E-state index contributed by atoms with van der Waals surface area (Å²) in [6, 6.07) is 11.1. The maximum Gasteiger partial charge on any atom is 0.261 e. The standard InChI is InChI=1S/C20H21ClN4O2.CH4O3S/c1-20(2,3)16-10-17(25-27-16)24-18(26)8-12-4-6-13(7-5-12)14-9-15(21)19(22)23-11-14;1-5(2,3)4/h4-7,9-11H,8H2,1-3H3,(H2,22,23)(H,24,25,26);1H3,(H,2,3,4). The van der Waals surface area contributed by atoms with Crippen molar-refractivity contribution < 1.29 is 22.3 Å². The number of nitrogens with zero attached hydrogens (tertiary/aromatic N) is 2. The fraction of sp³-hybridized carbons (Fsp3) is 0.286. The third-order valence-corrected chi connectivity index (χ3v) is 4.34. The van der Waals surface area contributed by atoms with E-state index in [-0.39, 0.29) is 17.7 Å². The molecule has 3 rings (SSSR count). The highest BCUT2D eigenvalue weighted by molar-refractivity contribution is 7.85. The highest BCUT2D eigenvalue weighted by atomic mass is 35.5. The lowest BCUT2D eigenvalue weighted by Gasteiger charge is -2.12. The van der Waals surface area contributed by atoms with Crippen molar-refractivity contribution in [2.24, 2.45) is 0 Å². The zero-order chi connectivity index (χ0) is 24.1. The third kappa shape index (κ3) is 8.29. The van der Waals surface area contributed by atoms with Crippen LogP contribution >= 0.6 is 11.6 Å². The predicted molar refractivity (Wildman–Crippen MR) is 124 cm³/mol. The highest BCUT2D eigenvalue weighted by Crippen LogP contribution is 2.26. The number of hydrogen-bond donors (Lipinski definition) is 3. The zero-order valence-electron chi connectivity index (χ0n) is 18.1. The van der Waals surface area contributed by atoms with Crippen molar-refractivity contribution >= 4 is 39.3 Å². The average Bonchev–Trinajstić information content (AvgIpc) is 3.12. The summed E-state index contributed by atoms with van der Waals surface area (Å²) in [5.74, 6) is 1.28. The molecule has 0 atom stereocenters. The minimum absolute atomic E-state index is 0.159. The Morgan fingerprint density at radius 3 is 2.28 bits per heavy atom. The second kappa shape index (κ2) is 10.1. The Kier molecular flexibility index (Phi) is 8.00. The molecule has 1 amide bonds. The van der Waals surface area contributed by atoms with Gasteiger partial charge in [0.05, 0.1) is 17.7 Å². The average molecular weight is 481 g/mol. The Bertz CT molecular complexity index is 1180. The van der Waals surface area contributed by atoms with E-state index in [0.717, 1.165) is 22.5 Å². The summed E-state index contributed by atoms with van der Waals surface area (Å²) in [6.45, 7) is 6.05.